The summed E-state index contributed by atoms with van der Waals surface area (Å²) >= 11 is 0. The zero-order valence-corrected chi connectivity index (χ0v) is 27.5. The maximum atomic E-state index is 11.3. The van der Waals surface area contributed by atoms with Crippen LogP contribution in [0.4, 0.5) is 0 Å². The molecule has 14 nitrogen and oxygen atoms in total. The van der Waals surface area contributed by atoms with Gasteiger partial charge in [0.15, 0.2) is 5.60 Å². The third-order valence-electron chi connectivity index (χ3n) is 5.49. The van der Waals surface area contributed by atoms with E-state index in [0.717, 1.165) is 25.7 Å². The van der Waals surface area contributed by atoms with Gasteiger partial charge in [0.05, 0.1) is 18.3 Å². The van der Waals surface area contributed by atoms with Crippen molar-refractivity contribution in [1.82, 2.24) is 0 Å². The summed E-state index contributed by atoms with van der Waals surface area (Å²) in [6.45, 7) is 2.17. The van der Waals surface area contributed by atoms with E-state index in [1.807, 2.05) is 0 Å². The summed E-state index contributed by atoms with van der Waals surface area (Å²) in [4.78, 5) is 53.0. The van der Waals surface area contributed by atoms with Crippen molar-refractivity contribution in [3.63, 3.8) is 0 Å². The summed E-state index contributed by atoms with van der Waals surface area (Å²) in [5, 5.41) is 54.4. The van der Waals surface area contributed by atoms with E-state index >= 15 is 0 Å². The number of carbonyl (C=O) groups is 5. The summed E-state index contributed by atoms with van der Waals surface area (Å²) in [7, 11) is -4.94. The van der Waals surface area contributed by atoms with E-state index in [1.165, 1.54) is 32.1 Å². The smallest absolute Gasteiger partial charge is 0.550 e. The molecule has 0 saturated heterocycles. The van der Waals surface area contributed by atoms with Gasteiger partial charge in [-0.25, -0.2) is 4.79 Å². The Kier molecular flexibility index (Phi) is 27.7. The Labute approximate surface area is 271 Å². The molecule has 0 spiro atoms. The third kappa shape index (κ3) is 21.6. The quantitative estimate of drug-likeness (QED) is 0.0493. The fraction of sp³-hybridized carbons (Fsp3) is 0.773. The number of rotatable bonds is 20. The fourth-order valence-corrected chi connectivity index (χ4v) is 4.03. The van der Waals surface area contributed by atoms with Crippen molar-refractivity contribution in [3.05, 3.63) is 0 Å². The van der Waals surface area contributed by atoms with Crippen molar-refractivity contribution in [2.75, 3.05) is 0 Å². The van der Waals surface area contributed by atoms with Gasteiger partial charge in [-0.15, -0.1) is 0 Å². The second-order valence-corrected chi connectivity index (χ2v) is 10.2. The molecule has 0 saturated carbocycles. The molecule has 0 aliphatic heterocycles. The topological polar surface area (TPSA) is 267 Å². The molecule has 216 valence electrons. The number of aliphatic carboxylic acids is 5. The molecule has 0 rings (SSSR count). The Hall–Kier alpha value is -0.780. The van der Waals surface area contributed by atoms with Gasteiger partial charge in [0.2, 0.25) is 0 Å². The standard InChI is InChI=1S/C18H32O7.C4H6O7S.2Na/c1-2-3-4-5-6-7-8-9-10-11-12-14(16(21)22)18(25,17(23)24)13-15(19)20;5-3(6)1-2(4(7)8)12(9,10)11;;/h14,25H,2-13H2,1H3,(H,19,20)(H,21,22)(H,23,24);2H,1H2,(H,5,6)(H,7,8)(H,9,10,11);;/q;;2*+1/p-2. The Bertz CT molecular complexity index is 865. The molecule has 5 N–H and O–H groups in total. The largest absolute Gasteiger partial charge is 1.00 e. The van der Waals surface area contributed by atoms with E-state index in [4.69, 9.17) is 14.8 Å². The Morgan fingerprint density at radius 1 is 0.795 bits per heavy atom. The van der Waals surface area contributed by atoms with Crippen molar-refractivity contribution in [1.29, 1.82) is 0 Å². The second kappa shape index (κ2) is 23.9. The van der Waals surface area contributed by atoms with Crippen molar-refractivity contribution in [2.45, 2.75) is 101 Å². The SMILES string of the molecule is CCCCCCCCCCCCC(C(=O)O)C(O)(CC(=O)O)C(=O)O.O=C([O-])CC(C(=O)[O-])S(=O)(=O)O.[Na+].[Na+]. The van der Waals surface area contributed by atoms with Gasteiger partial charge in [-0.3, -0.25) is 14.1 Å². The number of carboxylic acids is 5. The molecule has 0 aromatic heterocycles. The normalized spacial score (nSPS) is 13.6. The van der Waals surface area contributed by atoms with Gasteiger partial charge < -0.3 is 40.2 Å². The molecule has 39 heavy (non-hydrogen) atoms. The van der Waals surface area contributed by atoms with Gasteiger partial charge in [0, 0.05) is 12.4 Å². The summed E-state index contributed by atoms with van der Waals surface area (Å²) in [6, 6.07) is 0. The van der Waals surface area contributed by atoms with Gasteiger partial charge in [-0.1, -0.05) is 71.1 Å². The molecular weight excluding hydrogens is 566 g/mol. The number of aliphatic hydroxyl groups is 1. The number of hydrogen-bond donors (Lipinski definition) is 5. The zero-order valence-electron chi connectivity index (χ0n) is 22.7. The fourth-order valence-electron chi connectivity index (χ4n) is 3.44. The predicted octanol–water partition coefficient (Wildman–Crippen LogP) is -6.57. The van der Waals surface area contributed by atoms with E-state index in [1.54, 1.807) is 0 Å². The van der Waals surface area contributed by atoms with E-state index in [2.05, 4.69) is 6.92 Å². The molecule has 0 aromatic carbocycles. The van der Waals surface area contributed by atoms with Gasteiger partial charge in [0.1, 0.15) is 5.25 Å². The summed E-state index contributed by atoms with van der Waals surface area (Å²) in [6.07, 6.45) is 7.92. The number of carbonyl (C=O) groups excluding carboxylic acids is 2. The third-order valence-corrected chi connectivity index (χ3v) is 6.56. The van der Waals surface area contributed by atoms with Crippen LogP contribution in [0.25, 0.3) is 0 Å². The Morgan fingerprint density at radius 3 is 1.46 bits per heavy atom. The van der Waals surface area contributed by atoms with Crippen LogP contribution in [0.15, 0.2) is 0 Å². The first-order chi connectivity index (χ1) is 17.0. The van der Waals surface area contributed by atoms with Gasteiger partial charge in [0.25, 0.3) is 10.1 Å². The van der Waals surface area contributed by atoms with E-state index < -0.39 is 69.6 Å². The molecule has 17 heteroatoms. The molecule has 0 aliphatic rings. The minimum absolute atomic E-state index is 0. The van der Waals surface area contributed by atoms with Crippen LogP contribution >= 0.6 is 0 Å². The Morgan fingerprint density at radius 2 is 1.21 bits per heavy atom. The van der Waals surface area contributed by atoms with Crippen molar-refractivity contribution in [3.8, 4) is 0 Å². The molecule has 0 heterocycles. The first-order valence-electron chi connectivity index (χ1n) is 11.8. The van der Waals surface area contributed by atoms with Crippen LogP contribution in [0.1, 0.15) is 90.4 Å². The van der Waals surface area contributed by atoms with E-state index in [-0.39, 0.29) is 65.5 Å². The molecule has 0 aliphatic carbocycles. The maximum absolute atomic E-state index is 11.3. The zero-order chi connectivity index (χ0) is 29.2. The molecular formula is C22H36Na2O14S. The molecule has 0 bridgehead atoms. The molecule has 0 aromatic rings. The number of hydrogen-bond acceptors (Lipinski definition) is 10. The first kappa shape index (κ1) is 45.2. The van der Waals surface area contributed by atoms with Crippen LogP contribution < -0.4 is 69.3 Å². The van der Waals surface area contributed by atoms with Crippen LogP contribution in [-0.4, -0.2) is 74.1 Å². The minimum atomic E-state index is -4.94. The number of carboxylic acid groups (broad SMARTS) is 5. The van der Waals surface area contributed by atoms with E-state index in [9.17, 15) is 52.8 Å². The van der Waals surface area contributed by atoms with Crippen molar-refractivity contribution >= 4 is 40.0 Å². The van der Waals surface area contributed by atoms with Crippen LogP contribution in [0, 0.1) is 5.92 Å². The summed E-state index contributed by atoms with van der Waals surface area (Å²) in [5.74, 6) is -10.5. The van der Waals surface area contributed by atoms with Crippen LogP contribution in [0.3, 0.4) is 0 Å². The Balaban J connectivity index is -0.000000371. The molecule has 3 unspecified atom stereocenters. The first-order valence-corrected chi connectivity index (χ1v) is 13.3. The summed E-state index contributed by atoms with van der Waals surface area (Å²) in [5.41, 5.74) is -2.78. The van der Waals surface area contributed by atoms with Gasteiger partial charge >= 0.3 is 77.0 Å². The van der Waals surface area contributed by atoms with Crippen LogP contribution in [0.2, 0.25) is 0 Å². The summed E-state index contributed by atoms with van der Waals surface area (Å²) < 4.78 is 28.5. The molecule has 0 fully saturated rings. The van der Waals surface area contributed by atoms with Crippen molar-refractivity contribution in [2.24, 2.45) is 5.92 Å². The maximum Gasteiger partial charge on any atom is 1.00 e. The van der Waals surface area contributed by atoms with Gasteiger partial charge in [-0.2, -0.15) is 8.42 Å². The molecule has 0 radical (unpaired) electrons. The van der Waals surface area contributed by atoms with Gasteiger partial charge in [-0.05, 0) is 6.42 Å². The van der Waals surface area contributed by atoms with Crippen LogP contribution in [0.5, 0.6) is 0 Å². The van der Waals surface area contributed by atoms with Crippen LogP contribution in [-0.2, 0) is 34.1 Å². The monoisotopic (exact) mass is 602 g/mol. The van der Waals surface area contributed by atoms with E-state index in [0.29, 0.717) is 6.42 Å². The van der Waals surface area contributed by atoms with Crippen molar-refractivity contribution < 1.29 is 127 Å². The average molecular weight is 603 g/mol. The predicted molar refractivity (Wildman–Crippen MR) is 122 cm³/mol. The minimum Gasteiger partial charge on any atom is -0.550 e. The number of unbranched alkanes of at least 4 members (excludes halogenated alkanes) is 9. The molecule has 0 amide bonds. The molecule has 3 atom stereocenters. The average Bonchev–Trinajstić information content (AvgIpc) is 2.74. The second-order valence-electron chi connectivity index (χ2n) is 8.56.